The van der Waals surface area contributed by atoms with Gasteiger partial charge in [-0.3, -0.25) is 9.80 Å². The quantitative estimate of drug-likeness (QED) is 0.319. The van der Waals surface area contributed by atoms with Gasteiger partial charge in [-0.2, -0.15) is 0 Å². The summed E-state index contributed by atoms with van der Waals surface area (Å²) in [5.74, 6) is 3.54. The van der Waals surface area contributed by atoms with Gasteiger partial charge in [0, 0.05) is 49.4 Å². The Morgan fingerprint density at radius 1 is 0.674 bits per heavy atom. The van der Waals surface area contributed by atoms with Crippen LogP contribution in [-0.4, -0.2) is 82.8 Å². The van der Waals surface area contributed by atoms with Crippen molar-refractivity contribution in [3.8, 4) is 11.5 Å². The van der Waals surface area contributed by atoms with Crippen molar-refractivity contribution >= 4 is 0 Å². The minimum absolute atomic E-state index is 0.0122. The number of hydrogen-bond donors (Lipinski definition) is 4. The molecular weight excluding hydrogens is 580 g/mol. The average molecular weight is 639 g/mol. The first-order chi connectivity index (χ1) is 22.1. The van der Waals surface area contributed by atoms with Gasteiger partial charge >= 0.3 is 0 Å². The molecule has 0 aromatic heterocycles. The molecule has 6 atom stereocenters. The van der Waals surface area contributed by atoms with Crippen LogP contribution < -0.4 is 9.47 Å². The second-order valence-electron chi connectivity index (χ2n) is 14.9. The maximum atomic E-state index is 10.6. The molecule has 8 heteroatoms. The Hall–Kier alpha value is -2.20. The van der Waals surface area contributed by atoms with Crippen LogP contribution in [0.4, 0.5) is 0 Å². The average Bonchev–Trinajstić information content (AvgIpc) is 3.04. The molecule has 46 heavy (non-hydrogen) atoms. The molecule has 0 saturated carbocycles. The Bertz CT molecular complexity index is 1220. The molecule has 0 bridgehead atoms. The number of rotatable bonds is 8. The molecule has 0 spiro atoms. The van der Waals surface area contributed by atoms with Crippen LogP contribution in [-0.2, 0) is 26.1 Å². The van der Waals surface area contributed by atoms with E-state index in [9.17, 15) is 20.4 Å². The topological polar surface area (TPSA) is 106 Å². The fourth-order valence-corrected chi connectivity index (χ4v) is 8.64. The summed E-state index contributed by atoms with van der Waals surface area (Å²) >= 11 is 0. The van der Waals surface area contributed by atoms with Gasteiger partial charge in [0.15, 0.2) is 0 Å². The molecule has 2 aromatic carbocycles. The van der Waals surface area contributed by atoms with Crippen molar-refractivity contribution in [3.63, 3.8) is 0 Å². The maximum absolute atomic E-state index is 10.6. The first-order valence-electron chi connectivity index (χ1n) is 17.5. The van der Waals surface area contributed by atoms with Crippen molar-refractivity contribution in [2.24, 2.45) is 23.7 Å². The maximum Gasteiger partial charge on any atom is 0.124 e. The van der Waals surface area contributed by atoms with Gasteiger partial charge in [-0.1, -0.05) is 27.7 Å². The Morgan fingerprint density at radius 2 is 1.07 bits per heavy atom. The third-order valence-corrected chi connectivity index (χ3v) is 10.9. The van der Waals surface area contributed by atoms with E-state index in [-0.39, 0.29) is 37.5 Å². The predicted molar refractivity (Wildman–Crippen MR) is 181 cm³/mol. The predicted octanol–water partition coefficient (Wildman–Crippen LogP) is 5.03. The first-order valence-corrected chi connectivity index (χ1v) is 17.5. The Morgan fingerprint density at radius 3 is 1.39 bits per heavy atom. The molecule has 256 valence electrons. The summed E-state index contributed by atoms with van der Waals surface area (Å²) in [6.07, 6.45) is 5.32. The fourth-order valence-electron chi connectivity index (χ4n) is 8.64. The van der Waals surface area contributed by atoms with Crippen molar-refractivity contribution in [3.05, 3.63) is 57.6 Å². The Labute approximate surface area is 276 Å². The summed E-state index contributed by atoms with van der Waals surface area (Å²) in [5, 5.41) is 40.4. The molecule has 2 saturated heterocycles. The van der Waals surface area contributed by atoms with Crippen LogP contribution in [0.25, 0.3) is 0 Å². The van der Waals surface area contributed by atoms with Crippen LogP contribution in [0.2, 0.25) is 0 Å². The molecule has 8 nitrogen and oxygen atoms in total. The van der Waals surface area contributed by atoms with E-state index in [1.54, 1.807) is 14.2 Å². The van der Waals surface area contributed by atoms with Crippen LogP contribution in [0.3, 0.4) is 0 Å². The third-order valence-electron chi connectivity index (χ3n) is 10.9. The molecule has 2 fully saturated rings. The molecule has 2 aromatic rings. The van der Waals surface area contributed by atoms with Crippen molar-refractivity contribution in [2.45, 2.75) is 104 Å². The largest absolute Gasteiger partial charge is 0.496 e. The van der Waals surface area contributed by atoms with Gasteiger partial charge in [0.05, 0.1) is 39.6 Å². The minimum Gasteiger partial charge on any atom is -0.496 e. The molecule has 6 rings (SSSR count). The minimum atomic E-state index is -0.232. The lowest BCUT2D eigenvalue weighted by molar-refractivity contribution is -0.0192. The summed E-state index contributed by atoms with van der Waals surface area (Å²) < 4.78 is 10.8. The number of benzene rings is 2. The van der Waals surface area contributed by atoms with Crippen LogP contribution in [0.5, 0.6) is 11.5 Å². The summed E-state index contributed by atoms with van der Waals surface area (Å²) in [5.41, 5.74) is 6.81. The lowest BCUT2D eigenvalue weighted by Gasteiger charge is -2.46. The van der Waals surface area contributed by atoms with Gasteiger partial charge in [-0.05, 0) is 109 Å². The van der Waals surface area contributed by atoms with Gasteiger partial charge in [-0.15, -0.1) is 0 Å². The molecule has 0 aliphatic carbocycles. The molecule has 0 radical (unpaired) electrons. The van der Waals surface area contributed by atoms with Gasteiger partial charge in [0.25, 0.3) is 0 Å². The number of fused-ring (bicyclic) bond motifs is 6. The summed E-state index contributed by atoms with van der Waals surface area (Å²) in [6, 6.07) is 8.86. The number of hydrogen-bond acceptors (Lipinski definition) is 8. The number of aliphatic hydroxyl groups excluding tert-OH is 4. The highest BCUT2D eigenvalue weighted by atomic mass is 16.5. The second kappa shape index (κ2) is 15.3. The highest BCUT2D eigenvalue weighted by Gasteiger charge is 2.40. The van der Waals surface area contributed by atoms with E-state index >= 15 is 0 Å². The second-order valence-corrected chi connectivity index (χ2v) is 14.9. The van der Waals surface area contributed by atoms with Crippen molar-refractivity contribution in [2.75, 3.05) is 40.4 Å². The summed E-state index contributed by atoms with van der Waals surface area (Å²) in [6.45, 7) is 12.9. The molecule has 4 aliphatic rings. The van der Waals surface area contributed by atoms with Crippen molar-refractivity contribution < 1.29 is 29.9 Å². The number of nitrogens with zero attached hydrogens (tertiary/aromatic N) is 2. The van der Waals surface area contributed by atoms with Gasteiger partial charge in [-0.25, -0.2) is 0 Å². The zero-order chi connectivity index (χ0) is 33.1. The van der Waals surface area contributed by atoms with Crippen LogP contribution in [0.15, 0.2) is 24.3 Å². The molecule has 4 aliphatic heterocycles. The molecule has 0 amide bonds. The van der Waals surface area contributed by atoms with Crippen molar-refractivity contribution in [1.82, 2.24) is 9.80 Å². The molecule has 0 unspecified atom stereocenters. The van der Waals surface area contributed by atoms with Gasteiger partial charge < -0.3 is 29.9 Å². The summed E-state index contributed by atoms with van der Waals surface area (Å²) in [4.78, 5) is 5.05. The molecule has 4 heterocycles. The zero-order valence-electron chi connectivity index (χ0n) is 28.9. The number of aliphatic hydroxyl groups is 4. The van der Waals surface area contributed by atoms with Crippen LogP contribution in [0.1, 0.15) is 98.8 Å². The van der Waals surface area contributed by atoms with E-state index in [0.717, 1.165) is 87.3 Å². The van der Waals surface area contributed by atoms with E-state index in [1.807, 2.05) is 0 Å². The number of ether oxygens (including phenoxy) is 2. The zero-order valence-corrected chi connectivity index (χ0v) is 28.9. The summed E-state index contributed by atoms with van der Waals surface area (Å²) in [7, 11) is 3.30. The first kappa shape index (κ1) is 35.1. The van der Waals surface area contributed by atoms with Gasteiger partial charge in [0.1, 0.15) is 11.5 Å². The van der Waals surface area contributed by atoms with E-state index in [2.05, 4.69) is 61.8 Å². The standard InChI is InChI=1S/2C19H29NO3/c2*1-12(2)6-14-10-20-5-4-13-8-19(23-3)15(11-21)7-16(13)17(20)9-18(14)22/h2*7-8,12,14,17-18,21-22H,4-6,9-11H2,1-3H3/t2*14-,17+,18-/m10/s1. The molecular formula is C38H58N2O6. The van der Waals surface area contributed by atoms with E-state index in [0.29, 0.717) is 23.7 Å². The highest BCUT2D eigenvalue weighted by molar-refractivity contribution is 5.46. The van der Waals surface area contributed by atoms with Crippen molar-refractivity contribution in [1.29, 1.82) is 0 Å². The Kier molecular flexibility index (Phi) is 11.7. The smallest absolute Gasteiger partial charge is 0.124 e. The third kappa shape index (κ3) is 7.58. The SMILES string of the molecule is COc1cc2c(cc1CO)[C@@H]1C[C@@H](O)[C@H](CC(C)C)CN1CC2.COc1cc2c(cc1CO)[C@H]1C[C@H](O)[C@@H](CC(C)C)CN1CC2. The van der Waals surface area contributed by atoms with E-state index in [4.69, 9.17) is 9.47 Å². The number of piperidine rings is 2. The number of methoxy groups -OCH3 is 2. The van der Waals surface area contributed by atoms with E-state index < -0.39 is 0 Å². The van der Waals surface area contributed by atoms with Crippen LogP contribution >= 0.6 is 0 Å². The van der Waals surface area contributed by atoms with E-state index in [1.165, 1.54) is 22.3 Å². The van der Waals surface area contributed by atoms with Crippen LogP contribution in [0, 0.1) is 23.7 Å². The fraction of sp³-hybridized carbons (Fsp3) is 0.684. The molecule has 4 N–H and O–H groups in total. The lowest BCUT2D eigenvalue weighted by atomic mass is 9.79. The highest BCUT2D eigenvalue weighted by Crippen LogP contribution is 2.43. The monoisotopic (exact) mass is 638 g/mol. The Balaban J connectivity index is 0.000000181. The van der Waals surface area contributed by atoms with Gasteiger partial charge in [0.2, 0.25) is 0 Å². The lowest BCUT2D eigenvalue weighted by Crippen LogP contribution is -2.48. The normalized spacial score (nSPS) is 27.7.